The van der Waals surface area contributed by atoms with Crippen LogP contribution in [-0.4, -0.2) is 13.0 Å². The van der Waals surface area contributed by atoms with Gasteiger partial charge in [-0.05, 0) is 48.7 Å². The third-order valence-corrected chi connectivity index (χ3v) is 6.87. The van der Waals surface area contributed by atoms with Crippen LogP contribution >= 0.6 is 27.3 Å². The molecular weight excluding hydrogens is 432 g/mol. The van der Waals surface area contributed by atoms with Crippen molar-refractivity contribution < 1.29 is 8.42 Å². The number of aryl methyl sites for hydroxylation is 1. The van der Waals surface area contributed by atoms with Crippen LogP contribution in [0.1, 0.15) is 19.4 Å². The monoisotopic (exact) mass is 450 g/mol. The lowest BCUT2D eigenvalue weighted by atomic mass is 10.2. The van der Waals surface area contributed by atoms with Crippen LogP contribution in [-0.2, 0) is 23.0 Å². The Kier molecular flexibility index (Phi) is 5.79. The van der Waals surface area contributed by atoms with Crippen LogP contribution in [0.2, 0.25) is 0 Å². The van der Waals surface area contributed by atoms with Crippen molar-refractivity contribution in [1.29, 1.82) is 0 Å². The number of benzene rings is 2. The fraction of sp³-hybridized carbons (Fsp3) is 0.211. The summed E-state index contributed by atoms with van der Waals surface area (Å²) in [5, 5.41) is 1.95. The Bertz CT molecular complexity index is 1060. The molecule has 3 aromatic rings. The first kappa shape index (κ1) is 19.1. The molecule has 3 rings (SSSR count). The van der Waals surface area contributed by atoms with E-state index in [1.165, 1.54) is 11.3 Å². The Hall–Kier alpha value is -1.70. The van der Waals surface area contributed by atoms with E-state index in [9.17, 15) is 8.42 Å². The molecule has 0 spiro atoms. The standard InChI is InChI=1S/C19H19BrN2O2S2/c1-3-14-5-11-17(12-6-14)26(23,24)21-19-22(4-2)18(13-25-19)15-7-9-16(20)10-8-15/h5-13H,3-4H2,1-2H3/b21-19+. The summed E-state index contributed by atoms with van der Waals surface area (Å²) < 4.78 is 32.4. The number of aromatic nitrogens is 1. The summed E-state index contributed by atoms with van der Waals surface area (Å²) in [7, 11) is -3.74. The second-order valence-corrected chi connectivity index (χ2v) is 9.07. The van der Waals surface area contributed by atoms with E-state index < -0.39 is 10.0 Å². The smallest absolute Gasteiger partial charge is 0.285 e. The molecule has 0 amide bonds. The fourth-order valence-electron chi connectivity index (χ4n) is 2.61. The van der Waals surface area contributed by atoms with E-state index >= 15 is 0 Å². The summed E-state index contributed by atoms with van der Waals surface area (Å²) in [6.07, 6.45) is 0.870. The van der Waals surface area contributed by atoms with Gasteiger partial charge < -0.3 is 4.57 Å². The lowest BCUT2D eigenvalue weighted by molar-refractivity contribution is 0.595. The maximum absolute atomic E-state index is 12.7. The number of thiazole rings is 1. The average molecular weight is 451 g/mol. The topological polar surface area (TPSA) is 51.4 Å². The summed E-state index contributed by atoms with van der Waals surface area (Å²) >= 11 is 4.77. The van der Waals surface area contributed by atoms with Gasteiger partial charge in [0.1, 0.15) is 0 Å². The summed E-state index contributed by atoms with van der Waals surface area (Å²) in [5.74, 6) is 0. The first-order valence-electron chi connectivity index (χ1n) is 8.29. The van der Waals surface area contributed by atoms with Gasteiger partial charge in [0, 0.05) is 16.4 Å². The van der Waals surface area contributed by atoms with Gasteiger partial charge in [0.2, 0.25) is 4.80 Å². The maximum atomic E-state index is 12.7. The summed E-state index contributed by atoms with van der Waals surface area (Å²) in [5.41, 5.74) is 3.08. The third-order valence-electron chi connectivity index (χ3n) is 4.08. The molecule has 7 heteroatoms. The molecule has 0 bridgehead atoms. The number of hydrogen-bond acceptors (Lipinski definition) is 3. The van der Waals surface area contributed by atoms with Gasteiger partial charge in [-0.2, -0.15) is 8.42 Å². The van der Waals surface area contributed by atoms with Gasteiger partial charge in [-0.3, -0.25) is 0 Å². The Labute approximate surface area is 166 Å². The van der Waals surface area contributed by atoms with E-state index in [4.69, 9.17) is 0 Å². The van der Waals surface area contributed by atoms with Crippen molar-refractivity contribution in [2.24, 2.45) is 4.40 Å². The highest BCUT2D eigenvalue weighted by molar-refractivity contribution is 9.10. The van der Waals surface area contributed by atoms with Gasteiger partial charge >= 0.3 is 0 Å². The quantitative estimate of drug-likeness (QED) is 0.557. The zero-order valence-corrected chi connectivity index (χ0v) is 17.7. The van der Waals surface area contributed by atoms with E-state index in [0.29, 0.717) is 11.3 Å². The van der Waals surface area contributed by atoms with Gasteiger partial charge in [-0.15, -0.1) is 15.7 Å². The second kappa shape index (κ2) is 7.90. The van der Waals surface area contributed by atoms with Crippen LogP contribution in [0.3, 0.4) is 0 Å². The number of sulfonamides is 1. The minimum Gasteiger partial charge on any atom is -0.316 e. The predicted octanol–water partition coefficient (Wildman–Crippen LogP) is 4.85. The molecule has 136 valence electrons. The minimum absolute atomic E-state index is 0.218. The van der Waals surface area contributed by atoms with Crippen molar-refractivity contribution in [2.45, 2.75) is 31.7 Å². The number of rotatable bonds is 5. The number of hydrogen-bond donors (Lipinski definition) is 0. The molecule has 1 heterocycles. The second-order valence-electron chi connectivity index (χ2n) is 5.72. The van der Waals surface area contributed by atoms with Gasteiger partial charge in [-0.25, -0.2) is 0 Å². The lowest BCUT2D eigenvalue weighted by Crippen LogP contribution is -2.17. The lowest BCUT2D eigenvalue weighted by Gasteiger charge is -2.06. The largest absolute Gasteiger partial charge is 0.316 e. The summed E-state index contributed by atoms with van der Waals surface area (Å²) in [4.78, 5) is 0.695. The predicted molar refractivity (Wildman–Crippen MR) is 110 cm³/mol. The summed E-state index contributed by atoms with van der Waals surface area (Å²) in [6.45, 7) is 4.65. The van der Waals surface area contributed by atoms with Crippen LogP contribution < -0.4 is 4.80 Å². The zero-order valence-electron chi connectivity index (χ0n) is 14.5. The van der Waals surface area contributed by atoms with E-state index in [-0.39, 0.29) is 4.90 Å². The highest BCUT2D eigenvalue weighted by Gasteiger charge is 2.14. The van der Waals surface area contributed by atoms with Crippen molar-refractivity contribution in [3.63, 3.8) is 0 Å². The Morgan fingerprint density at radius 3 is 2.27 bits per heavy atom. The van der Waals surface area contributed by atoms with Crippen LogP contribution in [0, 0.1) is 0 Å². The van der Waals surface area contributed by atoms with Crippen molar-refractivity contribution >= 4 is 37.3 Å². The SMILES string of the molecule is CCc1ccc(S(=O)(=O)/N=c2/scc(-c3ccc(Br)cc3)n2CC)cc1. The Morgan fingerprint density at radius 1 is 1.04 bits per heavy atom. The molecule has 4 nitrogen and oxygen atoms in total. The molecule has 0 saturated heterocycles. The molecule has 0 fully saturated rings. The van der Waals surface area contributed by atoms with E-state index in [0.717, 1.165) is 27.7 Å². The van der Waals surface area contributed by atoms with Crippen molar-refractivity contribution in [3.05, 3.63) is 68.7 Å². The molecule has 0 aliphatic rings. The van der Waals surface area contributed by atoms with E-state index in [1.807, 2.05) is 60.2 Å². The summed E-state index contributed by atoms with van der Waals surface area (Å²) in [6, 6.07) is 14.8. The molecule has 2 aromatic carbocycles. The fourth-order valence-corrected chi connectivity index (χ4v) is 5.07. The highest BCUT2D eigenvalue weighted by Crippen LogP contribution is 2.23. The molecule has 0 aliphatic heterocycles. The Balaban J connectivity index is 2.06. The normalized spacial score (nSPS) is 12.5. The van der Waals surface area contributed by atoms with Crippen LogP contribution in [0.25, 0.3) is 11.3 Å². The van der Waals surface area contributed by atoms with Crippen molar-refractivity contribution in [3.8, 4) is 11.3 Å². The number of nitrogens with zero attached hydrogens (tertiary/aromatic N) is 2. The molecule has 0 saturated carbocycles. The third kappa shape index (κ3) is 4.00. The van der Waals surface area contributed by atoms with Crippen LogP contribution in [0.4, 0.5) is 0 Å². The van der Waals surface area contributed by atoms with Crippen molar-refractivity contribution in [2.75, 3.05) is 0 Å². The van der Waals surface area contributed by atoms with Gasteiger partial charge in [0.15, 0.2) is 0 Å². The molecular formula is C19H19BrN2O2S2. The first-order chi connectivity index (χ1) is 12.4. The van der Waals surface area contributed by atoms with Crippen molar-refractivity contribution in [1.82, 2.24) is 4.57 Å². The van der Waals surface area contributed by atoms with Gasteiger partial charge in [0.25, 0.3) is 10.0 Å². The molecule has 26 heavy (non-hydrogen) atoms. The molecule has 0 unspecified atom stereocenters. The maximum Gasteiger partial charge on any atom is 0.285 e. The first-order valence-corrected chi connectivity index (χ1v) is 11.4. The molecule has 1 aromatic heterocycles. The van der Waals surface area contributed by atoms with E-state index in [2.05, 4.69) is 20.3 Å². The van der Waals surface area contributed by atoms with Gasteiger partial charge in [0.05, 0.1) is 10.6 Å². The average Bonchev–Trinajstić information content (AvgIpc) is 3.04. The molecule has 0 aliphatic carbocycles. The van der Waals surface area contributed by atoms with Gasteiger partial charge in [-0.1, -0.05) is 47.1 Å². The molecule has 0 N–H and O–H groups in total. The molecule has 0 atom stereocenters. The number of halogens is 1. The molecule has 0 radical (unpaired) electrons. The van der Waals surface area contributed by atoms with Crippen LogP contribution in [0.5, 0.6) is 0 Å². The minimum atomic E-state index is -3.74. The zero-order chi connectivity index (χ0) is 18.7. The Morgan fingerprint density at radius 2 is 1.69 bits per heavy atom. The highest BCUT2D eigenvalue weighted by atomic mass is 79.9. The van der Waals surface area contributed by atoms with Crippen LogP contribution in [0.15, 0.2) is 67.7 Å². The van der Waals surface area contributed by atoms with E-state index in [1.54, 1.807) is 12.1 Å².